The van der Waals surface area contributed by atoms with Crippen molar-refractivity contribution in [1.29, 1.82) is 0 Å². The molecule has 0 aromatic rings. The highest BCUT2D eigenvalue weighted by molar-refractivity contribution is 7.47. The van der Waals surface area contributed by atoms with Gasteiger partial charge in [0.15, 0.2) is 12.2 Å². The molecule has 618 valence electrons. The molecule has 3 N–H and O–H groups in total. The number of hydrogen-bond acceptors (Lipinski definition) is 15. The molecular formula is C89H150O17P2. The van der Waals surface area contributed by atoms with Crippen molar-refractivity contribution in [2.75, 3.05) is 39.6 Å². The summed E-state index contributed by atoms with van der Waals surface area (Å²) in [6, 6.07) is 0. The van der Waals surface area contributed by atoms with E-state index in [1.54, 1.807) is 0 Å². The van der Waals surface area contributed by atoms with Crippen LogP contribution in [0.3, 0.4) is 0 Å². The number of esters is 4. The van der Waals surface area contributed by atoms with Gasteiger partial charge in [-0.05, 0) is 161 Å². The molecule has 0 saturated carbocycles. The molecule has 0 aliphatic heterocycles. The van der Waals surface area contributed by atoms with Crippen LogP contribution in [0.4, 0.5) is 0 Å². The Bertz CT molecular complexity index is 2610. The highest BCUT2D eigenvalue weighted by Crippen LogP contribution is 2.45. The average Bonchev–Trinajstić information content (AvgIpc) is 0.899. The lowest BCUT2D eigenvalue weighted by atomic mass is 10.1. The van der Waals surface area contributed by atoms with Crippen molar-refractivity contribution in [2.24, 2.45) is 0 Å². The number of phosphoric acid groups is 2. The van der Waals surface area contributed by atoms with Gasteiger partial charge in [0, 0.05) is 25.7 Å². The zero-order chi connectivity index (χ0) is 78.9. The summed E-state index contributed by atoms with van der Waals surface area (Å²) in [7, 11) is -10.0. The second-order valence-electron chi connectivity index (χ2n) is 27.7. The van der Waals surface area contributed by atoms with E-state index in [1.807, 2.05) is 12.2 Å². The number of aliphatic hydroxyl groups is 1. The van der Waals surface area contributed by atoms with Crippen molar-refractivity contribution < 1.29 is 80.2 Å². The first-order valence-corrected chi connectivity index (χ1v) is 45.1. The highest BCUT2D eigenvalue weighted by atomic mass is 31.2. The molecule has 5 atom stereocenters. The number of unbranched alkanes of at least 4 members (excludes halogenated alkanes) is 28. The van der Waals surface area contributed by atoms with Crippen LogP contribution < -0.4 is 0 Å². The van der Waals surface area contributed by atoms with Crippen LogP contribution in [0.2, 0.25) is 0 Å². The van der Waals surface area contributed by atoms with Gasteiger partial charge in [-0.3, -0.25) is 37.3 Å². The third-order valence-electron chi connectivity index (χ3n) is 17.3. The summed E-state index contributed by atoms with van der Waals surface area (Å²) in [5.74, 6) is -2.32. The third-order valence-corrected chi connectivity index (χ3v) is 19.2. The summed E-state index contributed by atoms with van der Waals surface area (Å²) in [4.78, 5) is 73.1. The molecule has 0 saturated heterocycles. The Morgan fingerprint density at radius 2 is 0.500 bits per heavy atom. The fraction of sp³-hybridized carbons (Fsp3) is 0.685. The highest BCUT2D eigenvalue weighted by Gasteiger charge is 2.30. The predicted molar refractivity (Wildman–Crippen MR) is 445 cm³/mol. The van der Waals surface area contributed by atoms with Gasteiger partial charge in [0.25, 0.3) is 0 Å². The summed E-state index contributed by atoms with van der Waals surface area (Å²) < 4.78 is 68.6. The Labute approximate surface area is 656 Å². The minimum atomic E-state index is -5.00. The van der Waals surface area contributed by atoms with E-state index in [-0.39, 0.29) is 25.7 Å². The van der Waals surface area contributed by atoms with Crippen LogP contribution in [0, 0.1) is 0 Å². The minimum absolute atomic E-state index is 0.0328. The van der Waals surface area contributed by atoms with E-state index in [1.165, 1.54) is 96.3 Å². The van der Waals surface area contributed by atoms with E-state index in [4.69, 9.17) is 37.0 Å². The van der Waals surface area contributed by atoms with E-state index in [2.05, 4.69) is 161 Å². The van der Waals surface area contributed by atoms with Crippen LogP contribution in [-0.4, -0.2) is 96.7 Å². The Morgan fingerprint density at radius 3 is 0.833 bits per heavy atom. The summed E-state index contributed by atoms with van der Waals surface area (Å²) in [6.07, 6.45) is 92.6. The van der Waals surface area contributed by atoms with Crippen LogP contribution in [0.25, 0.3) is 0 Å². The van der Waals surface area contributed by atoms with Crippen molar-refractivity contribution in [3.8, 4) is 0 Å². The molecule has 0 aromatic carbocycles. The SMILES string of the molecule is CC/C=C\C/C=C\C/C=C\C/C=C\C/C=C\CCCCCC(=O)O[C@H](COC(=O)CCCCCCC/C=C\CCCCCCCC)COP(=O)(O)OC[C@H](O)COP(=O)(O)OC[C@@H](COC(=O)CC/C=C\C/C=C\C/C=C\C/C=C\C/C=C\CCCCC)OC(=O)CCCCCCC/C=C\CCCCCCCC. The van der Waals surface area contributed by atoms with Gasteiger partial charge in [-0.2, -0.15) is 0 Å². The van der Waals surface area contributed by atoms with Crippen molar-refractivity contribution in [3.63, 3.8) is 0 Å². The fourth-order valence-corrected chi connectivity index (χ4v) is 12.4. The molecule has 0 radical (unpaired) electrons. The molecule has 17 nitrogen and oxygen atoms in total. The van der Waals surface area contributed by atoms with E-state index in [9.17, 15) is 43.2 Å². The molecule has 0 rings (SSSR count). The first-order chi connectivity index (χ1) is 52.7. The molecule has 0 amide bonds. The topological polar surface area (TPSA) is 237 Å². The lowest BCUT2D eigenvalue weighted by Gasteiger charge is -2.21. The number of rotatable bonds is 78. The van der Waals surface area contributed by atoms with Gasteiger partial charge in [0.2, 0.25) is 0 Å². The molecular weight excluding hydrogens is 1400 g/mol. The van der Waals surface area contributed by atoms with Gasteiger partial charge in [-0.15, -0.1) is 0 Å². The molecule has 0 fully saturated rings. The van der Waals surface area contributed by atoms with Gasteiger partial charge >= 0.3 is 39.5 Å². The number of carbonyl (C=O) groups excluding carboxylic acids is 4. The van der Waals surface area contributed by atoms with Gasteiger partial charge in [-0.1, -0.05) is 296 Å². The molecule has 19 heteroatoms. The number of carbonyl (C=O) groups is 4. The van der Waals surface area contributed by atoms with Crippen LogP contribution >= 0.6 is 15.6 Å². The molecule has 0 heterocycles. The van der Waals surface area contributed by atoms with Crippen LogP contribution in [0.15, 0.2) is 146 Å². The summed E-state index contributed by atoms with van der Waals surface area (Å²) in [5.41, 5.74) is 0. The molecule has 0 aliphatic rings. The molecule has 108 heavy (non-hydrogen) atoms. The van der Waals surface area contributed by atoms with Crippen LogP contribution in [-0.2, 0) is 65.4 Å². The molecule has 0 aromatic heterocycles. The second kappa shape index (κ2) is 80.0. The summed E-state index contributed by atoms with van der Waals surface area (Å²) in [5, 5.41) is 10.7. The van der Waals surface area contributed by atoms with E-state index in [0.717, 1.165) is 154 Å². The van der Waals surface area contributed by atoms with Gasteiger partial charge in [0.1, 0.15) is 19.3 Å². The van der Waals surface area contributed by atoms with E-state index >= 15 is 0 Å². The molecule has 2 unspecified atom stereocenters. The van der Waals surface area contributed by atoms with Gasteiger partial charge in [0.05, 0.1) is 26.4 Å². The Balaban J connectivity index is 5.48. The van der Waals surface area contributed by atoms with Crippen molar-refractivity contribution in [1.82, 2.24) is 0 Å². The minimum Gasteiger partial charge on any atom is -0.462 e. The molecule has 0 bridgehead atoms. The number of aliphatic hydroxyl groups excluding tert-OH is 1. The zero-order valence-electron chi connectivity index (χ0n) is 67.7. The van der Waals surface area contributed by atoms with Crippen molar-refractivity contribution >= 4 is 39.5 Å². The maximum Gasteiger partial charge on any atom is 0.472 e. The zero-order valence-corrected chi connectivity index (χ0v) is 69.5. The van der Waals surface area contributed by atoms with Crippen molar-refractivity contribution in [2.45, 2.75) is 354 Å². The Kier molecular flexibility index (Phi) is 76.3. The standard InChI is InChI=1S/C89H150O17P2/c1-5-9-13-17-21-25-29-33-37-39-41-43-47-50-54-58-62-66-70-74-87(92)100-80-84(105-88(93)75-71-67-63-59-55-51-46-36-32-28-24-20-16-12-8-4)81-103-107(95,96)101-77-83(90)78-102-108(97,98)104-82-85(79-99-86(91)73-69-65-61-57-53-49-45-35-31-27-23-19-15-11-7-3)106-89(94)76-72-68-64-60-56-52-48-44-42-40-38-34-30-26-22-18-14-10-6-2/h10,14,21-22,25-26,33-38,41-46,50,52,54,56,62,66,83-85,90H,5-9,11-13,15-20,23-24,27-32,39-40,47-49,51,53,55,57-61,63-65,67-82H2,1-4H3,(H,95,96)(H,97,98)/b14-10-,25-21-,26-22-,37-33-,38-34-,43-41-,44-42-,45-35-,46-36-,54-50-,56-52-,66-62-/t83-,84-,85-/m1/s1. The molecule has 0 aliphatic carbocycles. The predicted octanol–water partition coefficient (Wildman–Crippen LogP) is 25.0. The largest absolute Gasteiger partial charge is 0.472 e. The maximum atomic E-state index is 13.1. The monoisotopic (exact) mass is 1550 g/mol. The van der Waals surface area contributed by atoms with Crippen LogP contribution in [0.5, 0.6) is 0 Å². The average molecular weight is 1550 g/mol. The Hall–Kier alpha value is -5.06. The van der Waals surface area contributed by atoms with Crippen LogP contribution in [0.1, 0.15) is 336 Å². The summed E-state index contributed by atoms with van der Waals surface area (Å²) >= 11 is 0. The van der Waals surface area contributed by atoms with E-state index in [0.29, 0.717) is 32.1 Å². The smallest absolute Gasteiger partial charge is 0.462 e. The Morgan fingerprint density at radius 1 is 0.269 bits per heavy atom. The fourth-order valence-electron chi connectivity index (χ4n) is 10.9. The quantitative estimate of drug-likeness (QED) is 0.0169. The normalized spacial score (nSPS) is 14.5. The number of ether oxygens (including phenoxy) is 4. The van der Waals surface area contributed by atoms with E-state index < -0.39 is 97.5 Å². The van der Waals surface area contributed by atoms with Gasteiger partial charge < -0.3 is 33.8 Å². The number of allylic oxidation sites excluding steroid dienone is 24. The van der Waals surface area contributed by atoms with Crippen molar-refractivity contribution in [3.05, 3.63) is 146 Å². The first-order valence-electron chi connectivity index (χ1n) is 42.1. The molecule has 0 spiro atoms. The number of phosphoric ester groups is 2. The summed E-state index contributed by atoms with van der Waals surface area (Å²) in [6.45, 7) is 4.61. The second-order valence-corrected chi connectivity index (χ2v) is 30.6. The lowest BCUT2D eigenvalue weighted by molar-refractivity contribution is -0.161. The number of hydrogen-bond donors (Lipinski definition) is 3. The maximum absolute atomic E-state index is 13.1. The lowest BCUT2D eigenvalue weighted by Crippen LogP contribution is -2.30. The first kappa shape index (κ1) is 103. The third kappa shape index (κ3) is 79.0. The van der Waals surface area contributed by atoms with Gasteiger partial charge in [-0.25, -0.2) is 9.13 Å².